The first-order valence-corrected chi connectivity index (χ1v) is 9.92. The largest absolute Gasteiger partial charge is 0.363 e. The van der Waals surface area contributed by atoms with Gasteiger partial charge in [-0.15, -0.1) is 10.2 Å². The van der Waals surface area contributed by atoms with Gasteiger partial charge in [0, 0.05) is 32.1 Å². The molecule has 3 aliphatic rings. The number of nitrogens with zero attached hydrogens (tertiary/aromatic N) is 4. The molecular weight excluding hydrogens is 342 g/mol. The maximum atomic E-state index is 13.1. The number of rotatable bonds is 2. The zero-order chi connectivity index (χ0) is 18.2. The third kappa shape index (κ3) is 3.04. The van der Waals surface area contributed by atoms with E-state index < -0.39 is 6.10 Å². The molecule has 7 nitrogen and oxygen atoms in total. The number of nitrogens with one attached hydrogen (secondary N) is 1. The van der Waals surface area contributed by atoms with Crippen LogP contribution < -0.4 is 5.32 Å². The minimum atomic E-state index is -0.446. The average Bonchev–Trinajstić information content (AvgIpc) is 3.17. The van der Waals surface area contributed by atoms with Crippen molar-refractivity contribution in [3.8, 4) is 0 Å². The lowest BCUT2D eigenvalue weighted by atomic mass is 9.93. The monoisotopic (exact) mass is 367 g/mol. The minimum absolute atomic E-state index is 0.105. The van der Waals surface area contributed by atoms with Gasteiger partial charge in [0.05, 0.1) is 13.2 Å². The summed E-state index contributed by atoms with van der Waals surface area (Å²) >= 11 is 0. The number of fused-ring (bicyclic) bond motifs is 2. The van der Waals surface area contributed by atoms with Gasteiger partial charge >= 0.3 is 0 Å². The lowest BCUT2D eigenvalue weighted by Crippen LogP contribution is -2.42. The molecule has 5 rings (SSSR count). The van der Waals surface area contributed by atoms with Crippen LogP contribution in [-0.4, -0.2) is 51.8 Å². The highest BCUT2D eigenvalue weighted by atomic mass is 16.5. The molecule has 3 aliphatic heterocycles. The van der Waals surface area contributed by atoms with E-state index in [4.69, 9.17) is 4.74 Å². The Bertz CT molecular complexity index is 841. The molecule has 27 heavy (non-hydrogen) atoms. The van der Waals surface area contributed by atoms with Crippen LogP contribution >= 0.6 is 0 Å². The number of aromatic nitrogens is 3. The Morgan fingerprint density at radius 3 is 2.89 bits per heavy atom. The fourth-order valence-corrected chi connectivity index (χ4v) is 4.54. The molecule has 0 bridgehead atoms. The summed E-state index contributed by atoms with van der Waals surface area (Å²) < 4.78 is 8.13. The fraction of sp³-hybridized carbons (Fsp3) is 0.550. The number of carbonyl (C=O) groups is 1. The predicted molar refractivity (Wildman–Crippen MR) is 99.1 cm³/mol. The molecule has 4 heterocycles. The number of likely N-dealkylation sites (tertiary alicyclic amines) is 1. The Morgan fingerprint density at radius 2 is 2.00 bits per heavy atom. The van der Waals surface area contributed by atoms with Gasteiger partial charge < -0.3 is 19.5 Å². The molecule has 1 amide bonds. The number of piperidine rings is 1. The number of carbonyl (C=O) groups excluding carboxylic acids is 1. The van der Waals surface area contributed by atoms with Crippen molar-refractivity contribution in [3.05, 3.63) is 47.0 Å². The van der Waals surface area contributed by atoms with E-state index in [2.05, 4.69) is 26.1 Å². The molecule has 2 aromatic rings. The summed E-state index contributed by atoms with van der Waals surface area (Å²) in [6.07, 6.45) is 2.31. The lowest BCUT2D eigenvalue weighted by Gasteiger charge is -2.35. The molecule has 1 aromatic heterocycles. The second-order valence-electron chi connectivity index (χ2n) is 7.60. The van der Waals surface area contributed by atoms with E-state index in [9.17, 15) is 4.79 Å². The first kappa shape index (κ1) is 16.9. The van der Waals surface area contributed by atoms with E-state index in [1.165, 1.54) is 5.56 Å². The van der Waals surface area contributed by atoms with Crippen LogP contribution in [0.4, 0.5) is 0 Å². The second-order valence-corrected chi connectivity index (χ2v) is 7.60. The van der Waals surface area contributed by atoms with Gasteiger partial charge in [-0.05, 0) is 30.4 Å². The molecule has 7 heteroatoms. The van der Waals surface area contributed by atoms with Crippen LogP contribution in [0.2, 0.25) is 0 Å². The smallest absolute Gasteiger partial charge is 0.256 e. The van der Waals surface area contributed by atoms with Gasteiger partial charge in [-0.3, -0.25) is 4.79 Å². The third-order valence-electron chi connectivity index (χ3n) is 6.04. The van der Waals surface area contributed by atoms with E-state index in [1.807, 2.05) is 23.1 Å². The maximum Gasteiger partial charge on any atom is 0.256 e. The third-order valence-corrected chi connectivity index (χ3v) is 6.04. The molecule has 0 radical (unpaired) electrons. The fourth-order valence-electron chi connectivity index (χ4n) is 4.54. The van der Waals surface area contributed by atoms with Crippen molar-refractivity contribution >= 4 is 5.91 Å². The quantitative estimate of drug-likeness (QED) is 0.869. The van der Waals surface area contributed by atoms with Gasteiger partial charge in [0.15, 0.2) is 6.10 Å². The van der Waals surface area contributed by atoms with Crippen molar-refractivity contribution < 1.29 is 9.53 Å². The maximum absolute atomic E-state index is 13.1. The van der Waals surface area contributed by atoms with E-state index in [0.29, 0.717) is 12.5 Å². The Labute approximate surface area is 158 Å². The van der Waals surface area contributed by atoms with Gasteiger partial charge in [-0.25, -0.2) is 0 Å². The number of hydrogen-bond donors (Lipinski definition) is 1. The molecule has 0 aliphatic carbocycles. The van der Waals surface area contributed by atoms with Crippen molar-refractivity contribution in [2.75, 3.05) is 26.2 Å². The molecule has 1 aromatic carbocycles. The van der Waals surface area contributed by atoms with Crippen LogP contribution in [0.25, 0.3) is 0 Å². The number of amides is 1. The topological polar surface area (TPSA) is 72.3 Å². The molecule has 142 valence electrons. The Kier molecular flexibility index (Phi) is 4.41. The molecule has 0 spiro atoms. The van der Waals surface area contributed by atoms with Crippen molar-refractivity contribution in [1.82, 2.24) is 25.0 Å². The van der Waals surface area contributed by atoms with Crippen LogP contribution in [0.5, 0.6) is 0 Å². The molecular formula is C20H25N5O2. The van der Waals surface area contributed by atoms with Crippen molar-refractivity contribution in [3.63, 3.8) is 0 Å². The number of hydrogen-bond acceptors (Lipinski definition) is 5. The van der Waals surface area contributed by atoms with Crippen LogP contribution in [0.3, 0.4) is 0 Å². The summed E-state index contributed by atoms with van der Waals surface area (Å²) in [5.74, 6) is 2.61. The summed E-state index contributed by atoms with van der Waals surface area (Å²) in [6, 6.07) is 8.16. The zero-order valence-corrected chi connectivity index (χ0v) is 15.4. The average molecular weight is 367 g/mol. The minimum Gasteiger partial charge on any atom is -0.363 e. The van der Waals surface area contributed by atoms with Gasteiger partial charge in [0.2, 0.25) is 0 Å². The van der Waals surface area contributed by atoms with E-state index in [1.54, 1.807) is 0 Å². The number of benzene rings is 1. The van der Waals surface area contributed by atoms with Gasteiger partial charge in [0.1, 0.15) is 11.6 Å². The SMILES string of the molecule is O=C(C1OCCc2ccccc21)N1CCC(c2nnc3n2CCNC3)CC1. The predicted octanol–water partition coefficient (Wildman–Crippen LogP) is 1.40. The Balaban J connectivity index is 1.27. The van der Waals surface area contributed by atoms with Crippen molar-refractivity contribution in [1.29, 1.82) is 0 Å². The summed E-state index contributed by atoms with van der Waals surface area (Å²) in [5, 5.41) is 12.1. The molecule has 1 atom stereocenters. The van der Waals surface area contributed by atoms with Crippen LogP contribution in [0.15, 0.2) is 24.3 Å². The highest BCUT2D eigenvalue weighted by Gasteiger charge is 2.34. The van der Waals surface area contributed by atoms with E-state index in [0.717, 1.165) is 69.2 Å². The highest BCUT2D eigenvalue weighted by Crippen LogP contribution is 2.32. The summed E-state index contributed by atoms with van der Waals surface area (Å²) in [5.41, 5.74) is 2.27. The zero-order valence-electron chi connectivity index (χ0n) is 15.4. The summed E-state index contributed by atoms with van der Waals surface area (Å²) in [7, 11) is 0. The van der Waals surface area contributed by atoms with Gasteiger partial charge in [-0.2, -0.15) is 0 Å². The molecule has 1 fully saturated rings. The van der Waals surface area contributed by atoms with Crippen LogP contribution in [0, 0.1) is 0 Å². The highest BCUT2D eigenvalue weighted by molar-refractivity contribution is 5.83. The molecule has 1 unspecified atom stereocenters. The lowest BCUT2D eigenvalue weighted by molar-refractivity contribution is -0.146. The van der Waals surface area contributed by atoms with Crippen LogP contribution in [0.1, 0.15) is 47.6 Å². The van der Waals surface area contributed by atoms with Crippen LogP contribution in [-0.2, 0) is 29.0 Å². The normalized spacial score (nSPS) is 23.0. The standard InChI is InChI=1S/C20H25N5O2/c26-20(18-16-4-2-1-3-14(16)7-12-27-18)24-9-5-15(6-10-24)19-23-22-17-13-21-8-11-25(17)19/h1-4,15,18,21H,5-13H2. The summed E-state index contributed by atoms with van der Waals surface area (Å²) in [4.78, 5) is 15.1. The molecule has 0 saturated carbocycles. The summed E-state index contributed by atoms with van der Waals surface area (Å²) in [6.45, 7) is 4.82. The van der Waals surface area contributed by atoms with Crippen molar-refractivity contribution in [2.45, 2.75) is 44.4 Å². The van der Waals surface area contributed by atoms with E-state index >= 15 is 0 Å². The first-order valence-electron chi connectivity index (χ1n) is 9.92. The Hall–Kier alpha value is -2.25. The number of ether oxygens (including phenoxy) is 1. The van der Waals surface area contributed by atoms with Gasteiger partial charge in [-0.1, -0.05) is 24.3 Å². The molecule has 1 N–H and O–H groups in total. The Morgan fingerprint density at radius 1 is 1.15 bits per heavy atom. The second kappa shape index (κ2) is 7.05. The van der Waals surface area contributed by atoms with Crippen molar-refractivity contribution in [2.24, 2.45) is 0 Å². The first-order chi connectivity index (χ1) is 13.3. The van der Waals surface area contributed by atoms with E-state index in [-0.39, 0.29) is 5.91 Å². The molecule has 1 saturated heterocycles. The van der Waals surface area contributed by atoms with Gasteiger partial charge in [0.25, 0.3) is 5.91 Å².